The lowest BCUT2D eigenvalue weighted by Gasteiger charge is -2.26. The largest absolute Gasteiger partial charge is 0.322 e. The number of carbonyl (C=O) groups is 1. The minimum Gasteiger partial charge on any atom is -0.322 e. The average Bonchev–Trinajstić information content (AvgIpc) is 3.31. The van der Waals surface area contributed by atoms with Crippen molar-refractivity contribution in [2.45, 2.75) is 26.4 Å². The van der Waals surface area contributed by atoms with E-state index in [0.717, 1.165) is 33.5 Å². The number of hydrogen-bond donors (Lipinski definition) is 1. The lowest BCUT2D eigenvalue weighted by molar-refractivity contribution is 0.0730. The van der Waals surface area contributed by atoms with E-state index in [9.17, 15) is 9.18 Å². The van der Waals surface area contributed by atoms with Crippen LogP contribution in [0.1, 0.15) is 44.3 Å². The van der Waals surface area contributed by atoms with Gasteiger partial charge in [0, 0.05) is 17.7 Å². The number of carbonyl (C=O) groups excluding carboxylic acids is 1. The van der Waals surface area contributed by atoms with Crippen LogP contribution in [0.2, 0.25) is 0 Å². The van der Waals surface area contributed by atoms with E-state index < -0.39 is 0 Å². The van der Waals surface area contributed by atoms with Gasteiger partial charge in [0.1, 0.15) is 11.5 Å². The molecule has 1 amide bonds. The number of aromatic nitrogens is 2. The molecule has 2 heterocycles. The van der Waals surface area contributed by atoms with Gasteiger partial charge in [0.15, 0.2) is 0 Å². The number of nitrogens with zero attached hydrogens (tertiary/aromatic N) is 2. The van der Waals surface area contributed by atoms with Gasteiger partial charge in [0.2, 0.25) is 0 Å². The van der Waals surface area contributed by atoms with Crippen LogP contribution in [-0.4, -0.2) is 21.0 Å². The van der Waals surface area contributed by atoms with Gasteiger partial charge in [-0.3, -0.25) is 9.89 Å². The van der Waals surface area contributed by atoms with Gasteiger partial charge in [-0.05, 0) is 37.1 Å². The zero-order chi connectivity index (χ0) is 21.5. The molecule has 154 valence electrons. The number of H-pyrrole nitrogens is 1. The van der Waals surface area contributed by atoms with Gasteiger partial charge in [-0.15, -0.1) is 0 Å². The van der Waals surface area contributed by atoms with Crippen molar-refractivity contribution in [2.75, 3.05) is 0 Å². The third-order valence-corrected chi connectivity index (χ3v) is 5.85. The summed E-state index contributed by atoms with van der Waals surface area (Å²) >= 11 is 0. The van der Waals surface area contributed by atoms with Gasteiger partial charge >= 0.3 is 0 Å². The third-order valence-electron chi connectivity index (χ3n) is 5.85. The molecule has 0 saturated heterocycles. The predicted molar refractivity (Wildman–Crippen MR) is 118 cm³/mol. The maximum Gasteiger partial charge on any atom is 0.273 e. The van der Waals surface area contributed by atoms with Crippen molar-refractivity contribution in [1.29, 1.82) is 0 Å². The van der Waals surface area contributed by atoms with Gasteiger partial charge in [-0.1, -0.05) is 71.8 Å². The lowest BCUT2D eigenvalue weighted by Crippen LogP contribution is -2.29. The Balaban J connectivity index is 1.63. The first kappa shape index (κ1) is 19.2. The summed E-state index contributed by atoms with van der Waals surface area (Å²) in [6, 6.07) is 22.4. The monoisotopic (exact) mass is 411 g/mol. The smallest absolute Gasteiger partial charge is 0.273 e. The number of aromatic amines is 1. The fourth-order valence-corrected chi connectivity index (χ4v) is 4.17. The number of halogens is 1. The Morgan fingerprint density at radius 1 is 0.903 bits per heavy atom. The molecular weight excluding hydrogens is 389 g/mol. The van der Waals surface area contributed by atoms with Crippen LogP contribution in [0.15, 0.2) is 72.8 Å². The van der Waals surface area contributed by atoms with E-state index in [2.05, 4.69) is 34.5 Å². The summed E-state index contributed by atoms with van der Waals surface area (Å²) in [6.45, 7) is 4.47. The van der Waals surface area contributed by atoms with Crippen molar-refractivity contribution >= 4 is 5.91 Å². The molecule has 1 N–H and O–H groups in total. The molecule has 0 spiro atoms. The Bertz CT molecular complexity index is 1240. The van der Waals surface area contributed by atoms with E-state index in [-0.39, 0.29) is 17.8 Å². The van der Waals surface area contributed by atoms with E-state index >= 15 is 0 Å². The number of benzene rings is 3. The lowest BCUT2D eigenvalue weighted by atomic mass is 9.95. The van der Waals surface area contributed by atoms with E-state index in [1.165, 1.54) is 17.7 Å². The van der Waals surface area contributed by atoms with Crippen LogP contribution in [0.4, 0.5) is 4.39 Å². The standard InChI is InChI=1S/C26H22FN3O/c1-16-3-9-19(10-4-16)23-22-24(29-28-23)26(31)30(15-18-7-13-21(27)14-8-18)25(22)20-11-5-17(2)6-12-20/h3-14,25H,15H2,1-2H3,(H,28,29). The number of amides is 1. The van der Waals surface area contributed by atoms with Gasteiger partial charge in [-0.2, -0.15) is 5.10 Å². The summed E-state index contributed by atoms with van der Waals surface area (Å²) in [5, 5.41) is 7.50. The van der Waals surface area contributed by atoms with Crippen molar-refractivity contribution < 1.29 is 9.18 Å². The van der Waals surface area contributed by atoms with Crippen LogP contribution in [0.3, 0.4) is 0 Å². The maximum absolute atomic E-state index is 13.4. The fourth-order valence-electron chi connectivity index (χ4n) is 4.17. The molecule has 0 radical (unpaired) electrons. The van der Waals surface area contributed by atoms with Crippen LogP contribution in [-0.2, 0) is 6.54 Å². The molecular formula is C26H22FN3O. The highest BCUT2D eigenvalue weighted by Crippen LogP contribution is 2.43. The van der Waals surface area contributed by atoms with Gasteiger partial charge < -0.3 is 4.90 Å². The molecule has 3 aromatic carbocycles. The SMILES string of the molecule is Cc1ccc(-c2n[nH]c3c2C(c2ccc(C)cc2)N(Cc2ccc(F)cc2)C3=O)cc1. The number of rotatable bonds is 4. The number of nitrogens with one attached hydrogen (secondary N) is 1. The summed E-state index contributed by atoms with van der Waals surface area (Å²) in [5.41, 5.74) is 7.39. The second kappa shape index (κ2) is 7.51. The fraction of sp³-hybridized carbons (Fsp3) is 0.154. The molecule has 0 saturated carbocycles. The topological polar surface area (TPSA) is 49.0 Å². The van der Waals surface area contributed by atoms with Crippen molar-refractivity contribution in [3.8, 4) is 11.3 Å². The Morgan fingerprint density at radius 2 is 1.52 bits per heavy atom. The summed E-state index contributed by atoms with van der Waals surface area (Å²) in [6.07, 6.45) is 0. The number of aryl methyl sites for hydroxylation is 2. The summed E-state index contributed by atoms with van der Waals surface area (Å²) in [7, 11) is 0. The normalized spacial score (nSPS) is 15.4. The second-order valence-electron chi connectivity index (χ2n) is 8.10. The number of fused-ring (bicyclic) bond motifs is 1. The van der Waals surface area contributed by atoms with Gasteiger partial charge in [0.25, 0.3) is 5.91 Å². The van der Waals surface area contributed by atoms with E-state index in [1.807, 2.05) is 43.0 Å². The predicted octanol–water partition coefficient (Wildman–Crippen LogP) is 5.58. The minimum absolute atomic E-state index is 0.101. The Kier molecular flexibility index (Phi) is 4.66. The molecule has 4 nitrogen and oxygen atoms in total. The van der Waals surface area contributed by atoms with E-state index in [1.54, 1.807) is 12.1 Å². The van der Waals surface area contributed by atoms with E-state index in [0.29, 0.717) is 12.2 Å². The van der Waals surface area contributed by atoms with Crippen LogP contribution in [0, 0.1) is 19.7 Å². The molecule has 0 fully saturated rings. The molecule has 5 heteroatoms. The highest BCUT2D eigenvalue weighted by molar-refractivity contribution is 6.00. The highest BCUT2D eigenvalue weighted by Gasteiger charge is 2.42. The maximum atomic E-state index is 13.4. The van der Waals surface area contributed by atoms with E-state index in [4.69, 9.17) is 0 Å². The molecule has 0 bridgehead atoms. The average molecular weight is 411 g/mol. The van der Waals surface area contributed by atoms with Crippen molar-refractivity contribution in [3.63, 3.8) is 0 Å². The first-order valence-corrected chi connectivity index (χ1v) is 10.3. The van der Waals surface area contributed by atoms with Crippen molar-refractivity contribution in [3.05, 3.63) is 112 Å². The van der Waals surface area contributed by atoms with Crippen LogP contribution >= 0.6 is 0 Å². The Morgan fingerprint density at radius 3 is 2.16 bits per heavy atom. The van der Waals surface area contributed by atoms with Gasteiger partial charge in [-0.25, -0.2) is 4.39 Å². The molecule has 1 aliphatic rings. The summed E-state index contributed by atoms with van der Waals surface area (Å²) < 4.78 is 13.4. The molecule has 1 aliphatic heterocycles. The minimum atomic E-state index is -0.289. The second-order valence-corrected chi connectivity index (χ2v) is 8.10. The number of hydrogen-bond acceptors (Lipinski definition) is 2. The summed E-state index contributed by atoms with van der Waals surface area (Å²) in [5.74, 6) is -0.390. The highest BCUT2D eigenvalue weighted by atomic mass is 19.1. The molecule has 0 aliphatic carbocycles. The Hall–Kier alpha value is -3.73. The van der Waals surface area contributed by atoms with Crippen molar-refractivity contribution in [1.82, 2.24) is 15.1 Å². The first-order chi connectivity index (χ1) is 15.0. The zero-order valence-electron chi connectivity index (χ0n) is 17.4. The summed E-state index contributed by atoms with van der Waals surface area (Å²) in [4.78, 5) is 15.2. The van der Waals surface area contributed by atoms with Crippen LogP contribution in [0.5, 0.6) is 0 Å². The van der Waals surface area contributed by atoms with Gasteiger partial charge in [0.05, 0.1) is 11.7 Å². The zero-order valence-corrected chi connectivity index (χ0v) is 17.4. The van der Waals surface area contributed by atoms with Crippen molar-refractivity contribution in [2.24, 2.45) is 0 Å². The Labute approximate surface area is 180 Å². The molecule has 4 aromatic rings. The molecule has 1 unspecified atom stereocenters. The molecule has 31 heavy (non-hydrogen) atoms. The molecule has 1 atom stereocenters. The van der Waals surface area contributed by atoms with Crippen LogP contribution in [0.25, 0.3) is 11.3 Å². The molecule has 5 rings (SSSR count). The third kappa shape index (κ3) is 3.42. The quantitative estimate of drug-likeness (QED) is 0.477. The van der Waals surface area contributed by atoms with Crippen LogP contribution < -0.4 is 0 Å². The first-order valence-electron chi connectivity index (χ1n) is 10.3. The molecule has 1 aromatic heterocycles.